The van der Waals surface area contributed by atoms with E-state index in [4.69, 9.17) is 20.8 Å². The largest absolute Gasteiger partial charge is 0.491 e. The minimum Gasteiger partial charge on any atom is -0.491 e. The first-order chi connectivity index (χ1) is 9.51. The number of hydrogen-bond acceptors (Lipinski definition) is 3. The van der Waals surface area contributed by atoms with Crippen LogP contribution in [0.4, 0.5) is 5.69 Å². The van der Waals surface area contributed by atoms with Gasteiger partial charge in [-0.15, -0.1) is 0 Å². The highest BCUT2D eigenvalue weighted by molar-refractivity contribution is 9.10. The number of ether oxygens (including phenoxy) is 1. The van der Waals surface area contributed by atoms with Crippen molar-refractivity contribution in [1.82, 2.24) is 0 Å². The Hall–Kier alpha value is -1.13. The van der Waals surface area contributed by atoms with Crippen LogP contribution in [-0.2, 0) is 0 Å². The number of benzene rings is 1. The van der Waals surface area contributed by atoms with E-state index in [1.54, 1.807) is 0 Å². The zero-order chi connectivity index (χ0) is 14.7. The van der Waals surface area contributed by atoms with Gasteiger partial charge < -0.3 is 14.5 Å². The predicted molar refractivity (Wildman–Crippen MR) is 85.8 cm³/mol. The molecule has 0 radical (unpaired) electrons. The molecule has 0 amide bonds. The Morgan fingerprint density at radius 2 is 2.15 bits per heavy atom. The molecule has 0 aliphatic heterocycles. The molecule has 0 aliphatic carbocycles. The highest BCUT2D eigenvalue weighted by Gasteiger charge is 2.15. The molecule has 2 rings (SSSR count). The van der Waals surface area contributed by atoms with Gasteiger partial charge in [0.25, 0.3) is 0 Å². The summed E-state index contributed by atoms with van der Waals surface area (Å²) in [5.41, 5.74) is 0.841. The van der Waals surface area contributed by atoms with Gasteiger partial charge in [0, 0.05) is 5.02 Å². The van der Waals surface area contributed by atoms with Crippen LogP contribution in [0.2, 0.25) is 5.02 Å². The summed E-state index contributed by atoms with van der Waals surface area (Å²) in [6.07, 6.45) is 0. The number of halogens is 2. The Balaban J connectivity index is 2.27. The third-order valence-corrected chi connectivity index (χ3v) is 3.66. The Kier molecular flexibility index (Phi) is 5.00. The third kappa shape index (κ3) is 3.49. The van der Waals surface area contributed by atoms with E-state index in [1.807, 2.05) is 45.0 Å². The number of rotatable bonds is 5. The quantitative estimate of drug-likeness (QED) is 0.758. The van der Waals surface area contributed by atoms with Crippen molar-refractivity contribution in [2.24, 2.45) is 0 Å². The molecule has 1 aromatic heterocycles. The molecule has 20 heavy (non-hydrogen) atoms. The SMILES string of the molecule is CCOc1c(Br)cc(Cl)cc1NC(C)c1ccc(C)o1. The molecule has 1 unspecified atom stereocenters. The Bertz CT molecular complexity index is 598. The van der Waals surface area contributed by atoms with Crippen molar-refractivity contribution in [2.75, 3.05) is 11.9 Å². The lowest BCUT2D eigenvalue weighted by molar-refractivity contribution is 0.339. The molecular weight excluding hydrogens is 342 g/mol. The summed E-state index contributed by atoms with van der Waals surface area (Å²) in [5, 5.41) is 4.02. The van der Waals surface area contributed by atoms with Crippen molar-refractivity contribution in [1.29, 1.82) is 0 Å². The van der Waals surface area contributed by atoms with Crippen LogP contribution in [0.1, 0.15) is 31.4 Å². The van der Waals surface area contributed by atoms with Crippen LogP contribution < -0.4 is 10.1 Å². The molecule has 108 valence electrons. The molecule has 0 fully saturated rings. The monoisotopic (exact) mass is 357 g/mol. The molecule has 0 saturated carbocycles. The molecule has 1 aromatic carbocycles. The van der Waals surface area contributed by atoms with Gasteiger partial charge in [-0.3, -0.25) is 0 Å². The lowest BCUT2D eigenvalue weighted by Gasteiger charge is -2.18. The van der Waals surface area contributed by atoms with Gasteiger partial charge in [-0.25, -0.2) is 0 Å². The maximum atomic E-state index is 6.11. The second-order valence-corrected chi connectivity index (χ2v) is 5.80. The van der Waals surface area contributed by atoms with Crippen molar-refractivity contribution >= 4 is 33.2 Å². The Labute approximate surface area is 132 Å². The van der Waals surface area contributed by atoms with E-state index < -0.39 is 0 Å². The minimum atomic E-state index is 0.0215. The van der Waals surface area contributed by atoms with Gasteiger partial charge in [0.15, 0.2) is 5.75 Å². The first-order valence-corrected chi connectivity index (χ1v) is 7.63. The molecule has 1 N–H and O–H groups in total. The molecule has 0 bridgehead atoms. The summed E-state index contributed by atoms with van der Waals surface area (Å²) in [6, 6.07) is 7.61. The van der Waals surface area contributed by atoms with Crippen LogP contribution in [0.3, 0.4) is 0 Å². The Morgan fingerprint density at radius 3 is 2.75 bits per heavy atom. The van der Waals surface area contributed by atoms with Crippen LogP contribution in [0.25, 0.3) is 0 Å². The smallest absolute Gasteiger partial charge is 0.156 e. The molecule has 5 heteroatoms. The first-order valence-electron chi connectivity index (χ1n) is 6.46. The highest BCUT2D eigenvalue weighted by atomic mass is 79.9. The van der Waals surface area contributed by atoms with Gasteiger partial charge in [-0.05, 0) is 61.0 Å². The fourth-order valence-electron chi connectivity index (χ4n) is 1.95. The van der Waals surface area contributed by atoms with Gasteiger partial charge >= 0.3 is 0 Å². The zero-order valence-electron chi connectivity index (χ0n) is 11.7. The normalized spacial score (nSPS) is 12.2. The third-order valence-electron chi connectivity index (χ3n) is 2.86. The average molecular weight is 359 g/mol. The molecule has 0 saturated heterocycles. The van der Waals surface area contributed by atoms with Crippen LogP contribution in [0.15, 0.2) is 33.2 Å². The minimum absolute atomic E-state index is 0.0215. The predicted octanol–water partition coefficient (Wildman–Crippen LogP) is 5.58. The van der Waals surface area contributed by atoms with Crippen molar-refractivity contribution < 1.29 is 9.15 Å². The maximum Gasteiger partial charge on any atom is 0.156 e. The second kappa shape index (κ2) is 6.55. The number of furan rings is 1. The zero-order valence-corrected chi connectivity index (χ0v) is 14.0. The summed E-state index contributed by atoms with van der Waals surface area (Å²) in [7, 11) is 0. The van der Waals surface area contributed by atoms with Gasteiger partial charge in [0.2, 0.25) is 0 Å². The van der Waals surface area contributed by atoms with E-state index in [-0.39, 0.29) is 6.04 Å². The van der Waals surface area contributed by atoms with Crippen molar-refractivity contribution in [3.63, 3.8) is 0 Å². The fourth-order valence-corrected chi connectivity index (χ4v) is 2.87. The lowest BCUT2D eigenvalue weighted by Crippen LogP contribution is -2.08. The number of anilines is 1. The molecule has 1 heterocycles. The maximum absolute atomic E-state index is 6.11. The van der Waals surface area contributed by atoms with Gasteiger partial charge in [0.05, 0.1) is 22.8 Å². The summed E-state index contributed by atoms with van der Waals surface area (Å²) in [4.78, 5) is 0. The van der Waals surface area contributed by atoms with E-state index in [2.05, 4.69) is 21.2 Å². The van der Waals surface area contributed by atoms with E-state index >= 15 is 0 Å². The fraction of sp³-hybridized carbons (Fsp3) is 0.333. The second-order valence-electron chi connectivity index (χ2n) is 4.51. The number of aryl methyl sites for hydroxylation is 1. The summed E-state index contributed by atoms with van der Waals surface area (Å²) >= 11 is 9.58. The van der Waals surface area contributed by atoms with E-state index in [0.29, 0.717) is 11.6 Å². The number of nitrogens with one attached hydrogen (secondary N) is 1. The van der Waals surface area contributed by atoms with Crippen molar-refractivity contribution in [3.05, 3.63) is 45.3 Å². The van der Waals surface area contributed by atoms with Crippen molar-refractivity contribution in [2.45, 2.75) is 26.8 Å². The van der Waals surface area contributed by atoms with Crippen molar-refractivity contribution in [3.8, 4) is 5.75 Å². The molecule has 3 nitrogen and oxygen atoms in total. The van der Waals surface area contributed by atoms with E-state index in [1.165, 1.54) is 0 Å². The van der Waals surface area contributed by atoms with Crippen LogP contribution in [-0.4, -0.2) is 6.61 Å². The van der Waals surface area contributed by atoms with Crippen LogP contribution in [0, 0.1) is 6.92 Å². The standard InChI is InChI=1S/C15H17BrClNO2/c1-4-19-15-12(16)7-11(17)8-13(15)18-10(3)14-6-5-9(2)20-14/h5-8,10,18H,4H2,1-3H3. The van der Waals surface area contributed by atoms with Crippen LogP contribution in [0.5, 0.6) is 5.75 Å². The Morgan fingerprint density at radius 1 is 1.40 bits per heavy atom. The topological polar surface area (TPSA) is 34.4 Å². The molecule has 1 atom stereocenters. The summed E-state index contributed by atoms with van der Waals surface area (Å²) in [5.74, 6) is 2.53. The van der Waals surface area contributed by atoms with Gasteiger partial charge in [-0.2, -0.15) is 0 Å². The summed E-state index contributed by atoms with van der Waals surface area (Å²) < 4.78 is 12.1. The lowest BCUT2D eigenvalue weighted by atomic mass is 10.2. The summed E-state index contributed by atoms with van der Waals surface area (Å²) in [6.45, 7) is 6.49. The van der Waals surface area contributed by atoms with E-state index in [0.717, 1.165) is 27.4 Å². The van der Waals surface area contributed by atoms with Gasteiger partial charge in [0.1, 0.15) is 11.5 Å². The molecule has 0 aliphatic rings. The van der Waals surface area contributed by atoms with Gasteiger partial charge in [-0.1, -0.05) is 11.6 Å². The average Bonchev–Trinajstić information content (AvgIpc) is 2.80. The molecule has 0 spiro atoms. The van der Waals surface area contributed by atoms with Crippen LogP contribution >= 0.6 is 27.5 Å². The highest BCUT2D eigenvalue weighted by Crippen LogP contribution is 2.38. The molecule has 2 aromatic rings. The first kappa shape index (κ1) is 15.3. The van der Waals surface area contributed by atoms with E-state index in [9.17, 15) is 0 Å². The molecular formula is C15H17BrClNO2. The number of hydrogen-bond donors (Lipinski definition) is 1.